The Morgan fingerprint density at radius 3 is 2.82 bits per heavy atom. The number of nitrogens with zero attached hydrogens (tertiary/aromatic N) is 2. The van der Waals surface area contributed by atoms with Crippen LogP contribution in [0.2, 0.25) is 0 Å². The van der Waals surface area contributed by atoms with Gasteiger partial charge >= 0.3 is 0 Å². The van der Waals surface area contributed by atoms with Gasteiger partial charge in [-0.15, -0.1) is 0 Å². The van der Waals surface area contributed by atoms with Gasteiger partial charge in [0.25, 0.3) is 0 Å². The number of benzene rings is 1. The summed E-state index contributed by atoms with van der Waals surface area (Å²) in [6.45, 7) is 0.577. The summed E-state index contributed by atoms with van der Waals surface area (Å²) in [4.78, 5) is 4.35. The minimum atomic E-state index is -0.327. The molecule has 17 heavy (non-hydrogen) atoms. The summed E-state index contributed by atoms with van der Waals surface area (Å²) in [6, 6.07) is 9.65. The lowest BCUT2D eigenvalue weighted by Gasteiger charge is -2.01. The highest BCUT2D eigenvalue weighted by molar-refractivity contribution is 5.53. The predicted molar refractivity (Wildman–Crippen MR) is 61.1 cm³/mol. The molecule has 1 aliphatic rings. The maximum absolute atomic E-state index is 9.43. The lowest BCUT2D eigenvalue weighted by atomic mass is 10.2. The van der Waals surface area contributed by atoms with Gasteiger partial charge in [0.15, 0.2) is 0 Å². The van der Waals surface area contributed by atoms with Crippen molar-refractivity contribution < 1.29 is 9.63 Å². The largest absolute Gasteiger partial charge is 0.392 e. The molecule has 1 saturated heterocycles. The summed E-state index contributed by atoms with van der Waals surface area (Å²) in [5.41, 5.74) is 0.932. The Labute approximate surface area is 98.5 Å². The first-order valence-electron chi connectivity index (χ1n) is 5.63. The lowest BCUT2D eigenvalue weighted by Crippen LogP contribution is -2.15. The zero-order valence-electron chi connectivity index (χ0n) is 9.21. The van der Waals surface area contributed by atoms with Crippen LogP contribution in [-0.2, 0) is 0 Å². The molecule has 88 valence electrons. The lowest BCUT2D eigenvalue weighted by molar-refractivity contribution is 0.191. The Morgan fingerprint density at radius 1 is 1.29 bits per heavy atom. The van der Waals surface area contributed by atoms with E-state index < -0.39 is 0 Å². The number of hydrogen-bond acceptors (Lipinski definition) is 5. The Kier molecular flexibility index (Phi) is 2.62. The second-order valence-electron chi connectivity index (χ2n) is 4.17. The summed E-state index contributed by atoms with van der Waals surface area (Å²) in [7, 11) is 0. The fourth-order valence-corrected chi connectivity index (χ4v) is 1.99. The molecule has 0 spiro atoms. The van der Waals surface area contributed by atoms with Crippen LogP contribution in [0, 0.1) is 0 Å². The molecule has 5 heteroatoms. The minimum Gasteiger partial charge on any atom is -0.392 e. The molecule has 0 amide bonds. The summed E-state index contributed by atoms with van der Waals surface area (Å²) in [5, 5.41) is 16.5. The van der Waals surface area contributed by atoms with Gasteiger partial charge < -0.3 is 14.9 Å². The number of β-amino-alcohol motifs (C(OH)–C–C–N with tert-alkyl or cyclic N) is 1. The predicted octanol–water partition coefficient (Wildman–Crippen LogP) is 1.13. The second-order valence-corrected chi connectivity index (χ2v) is 4.17. The molecule has 1 aliphatic heterocycles. The topological polar surface area (TPSA) is 71.2 Å². The molecule has 0 unspecified atom stereocenters. The van der Waals surface area contributed by atoms with Crippen LogP contribution in [-0.4, -0.2) is 27.9 Å². The van der Waals surface area contributed by atoms with E-state index in [1.165, 1.54) is 0 Å². The van der Waals surface area contributed by atoms with E-state index >= 15 is 0 Å². The number of aliphatic hydroxyl groups excluding tert-OH is 1. The highest BCUT2D eigenvalue weighted by Crippen LogP contribution is 2.24. The van der Waals surface area contributed by atoms with Gasteiger partial charge in [0.1, 0.15) is 0 Å². The number of aliphatic hydroxyl groups is 1. The number of nitrogens with one attached hydrogen (secondary N) is 1. The van der Waals surface area contributed by atoms with Crippen molar-refractivity contribution in [2.45, 2.75) is 18.6 Å². The van der Waals surface area contributed by atoms with Crippen LogP contribution in [0.15, 0.2) is 34.9 Å². The van der Waals surface area contributed by atoms with Crippen LogP contribution < -0.4 is 5.32 Å². The van der Waals surface area contributed by atoms with Crippen LogP contribution in [0.3, 0.4) is 0 Å². The third-order valence-corrected chi connectivity index (χ3v) is 2.88. The Hall–Kier alpha value is -1.72. The van der Waals surface area contributed by atoms with Gasteiger partial charge in [0.2, 0.25) is 11.7 Å². The average Bonchev–Trinajstić information content (AvgIpc) is 2.98. The molecule has 1 aromatic carbocycles. The third-order valence-electron chi connectivity index (χ3n) is 2.88. The maximum Gasteiger partial charge on any atom is 0.244 e. The first-order chi connectivity index (χ1) is 8.33. The van der Waals surface area contributed by atoms with Crippen molar-refractivity contribution in [3.63, 3.8) is 0 Å². The normalized spacial score (nSPS) is 24.1. The molecule has 0 radical (unpaired) electrons. The third kappa shape index (κ3) is 2.07. The van der Waals surface area contributed by atoms with Crippen LogP contribution in [0.4, 0.5) is 0 Å². The first kappa shape index (κ1) is 10.4. The highest BCUT2D eigenvalue weighted by Gasteiger charge is 2.28. The van der Waals surface area contributed by atoms with Crippen molar-refractivity contribution in [3.05, 3.63) is 36.2 Å². The molecule has 2 atom stereocenters. The van der Waals surface area contributed by atoms with Gasteiger partial charge in [-0.2, -0.15) is 4.98 Å². The average molecular weight is 231 g/mol. The second kappa shape index (κ2) is 4.27. The molecule has 2 N–H and O–H groups in total. The summed E-state index contributed by atoms with van der Waals surface area (Å²) in [5.74, 6) is 1.13. The molecule has 2 heterocycles. The Bertz CT molecular complexity index is 497. The van der Waals surface area contributed by atoms with Crippen molar-refractivity contribution >= 4 is 0 Å². The molecule has 1 fully saturated rings. The van der Waals surface area contributed by atoms with E-state index in [1.54, 1.807) is 0 Å². The fraction of sp³-hybridized carbons (Fsp3) is 0.333. The fourth-order valence-electron chi connectivity index (χ4n) is 1.99. The summed E-state index contributed by atoms with van der Waals surface area (Å²) >= 11 is 0. The van der Waals surface area contributed by atoms with Gasteiger partial charge in [-0.1, -0.05) is 35.5 Å². The van der Waals surface area contributed by atoms with Crippen molar-refractivity contribution in [3.8, 4) is 11.4 Å². The molecule has 2 aromatic rings. The van der Waals surface area contributed by atoms with E-state index in [0.717, 1.165) is 5.56 Å². The van der Waals surface area contributed by atoms with E-state index in [2.05, 4.69) is 15.5 Å². The van der Waals surface area contributed by atoms with Crippen molar-refractivity contribution in [2.75, 3.05) is 6.54 Å². The standard InChI is InChI=1S/C12H13N3O2/c16-9-6-10(13-7-9)12-14-11(15-17-12)8-4-2-1-3-5-8/h1-5,9-10,13,16H,6-7H2/t9-,10+/m0/s1. The Morgan fingerprint density at radius 2 is 2.12 bits per heavy atom. The van der Waals surface area contributed by atoms with Crippen LogP contribution >= 0.6 is 0 Å². The van der Waals surface area contributed by atoms with Gasteiger partial charge in [-0.25, -0.2) is 0 Å². The van der Waals surface area contributed by atoms with Crippen LogP contribution in [0.25, 0.3) is 11.4 Å². The highest BCUT2D eigenvalue weighted by atomic mass is 16.5. The molecule has 0 bridgehead atoms. The van der Waals surface area contributed by atoms with Crippen molar-refractivity contribution in [1.29, 1.82) is 0 Å². The molecule has 1 aromatic heterocycles. The van der Waals surface area contributed by atoms with E-state index in [9.17, 15) is 5.11 Å². The smallest absolute Gasteiger partial charge is 0.244 e. The zero-order chi connectivity index (χ0) is 11.7. The van der Waals surface area contributed by atoms with Crippen LogP contribution in [0.1, 0.15) is 18.4 Å². The maximum atomic E-state index is 9.43. The monoisotopic (exact) mass is 231 g/mol. The molecule has 0 aliphatic carbocycles. The molecular weight excluding hydrogens is 218 g/mol. The number of rotatable bonds is 2. The van der Waals surface area contributed by atoms with Crippen molar-refractivity contribution in [2.24, 2.45) is 0 Å². The molecular formula is C12H13N3O2. The number of aromatic nitrogens is 2. The quantitative estimate of drug-likeness (QED) is 0.810. The van der Waals surface area contributed by atoms with E-state index in [1.807, 2.05) is 30.3 Å². The number of hydrogen-bond donors (Lipinski definition) is 2. The Balaban J connectivity index is 1.84. The molecule has 0 saturated carbocycles. The summed E-state index contributed by atoms with van der Waals surface area (Å²) in [6.07, 6.45) is 0.295. The van der Waals surface area contributed by atoms with E-state index in [0.29, 0.717) is 24.7 Å². The van der Waals surface area contributed by atoms with Gasteiger partial charge in [0, 0.05) is 12.1 Å². The van der Waals surface area contributed by atoms with Crippen LogP contribution in [0.5, 0.6) is 0 Å². The van der Waals surface area contributed by atoms with Crippen molar-refractivity contribution in [1.82, 2.24) is 15.5 Å². The van der Waals surface area contributed by atoms with Gasteiger partial charge in [-0.05, 0) is 6.42 Å². The molecule has 5 nitrogen and oxygen atoms in total. The van der Waals surface area contributed by atoms with E-state index in [4.69, 9.17) is 4.52 Å². The minimum absolute atomic E-state index is 0.0324. The summed E-state index contributed by atoms with van der Waals surface area (Å²) < 4.78 is 5.22. The van der Waals surface area contributed by atoms with Gasteiger partial charge in [0.05, 0.1) is 12.1 Å². The van der Waals surface area contributed by atoms with E-state index in [-0.39, 0.29) is 12.1 Å². The first-order valence-corrected chi connectivity index (χ1v) is 5.63. The SMILES string of the molecule is O[C@@H]1CN[C@@H](c2nc(-c3ccccc3)no2)C1. The zero-order valence-corrected chi connectivity index (χ0v) is 9.21. The van der Waals surface area contributed by atoms with Gasteiger partial charge in [-0.3, -0.25) is 0 Å². The molecule has 3 rings (SSSR count).